The smallest absolute Gasteiger partial charge is 0.125 e. The average Bonchev–Trinajstić information content (AvgIpc) is 2.75. The predicted octanol–water partition coefficient (Wildman–Crippen LogP) is 4.30. The standard InChI is InChI=1S/C17H31N3/c1-3-12-20-13-11-19-17(20)16(18-4-2)14-15-9-7-5-6-8-10-15/h11,13,15-16,18H,3-10,12,14H2,1-2H3. The van der Waals surface area contributed by atoms with Crippen LogP contribution < -0.4 is 5.32 Å². The van der Waals surface area contributed by atoms with Crippen molar-refractivity contribution in [1.82, 2.24) is 14.9 Å². The number of rotatable bonds is 7. The van der Waals surface area contributed by atoms with Gasteiger partial charge in [-0.3, -0.25) is 0 Å². The van der Waals surface area contributed by atoms with Crippen molar-refractivity contribution in [1.29, 1.82) is 0 Å². The van der Waals surface area contributed by atoms with Crippen LogP contribution in [-0.2, 0) is 6.54 Å². The second-order valence-corrected chi connectivity index (χ2v) is 6.18. The van der Waals surface area contributed by atoms with E-state index in [9.17, 15) is 0 Å². The molecule has 1 aliphatic rings. The molecule has 0 spiro atoms. The van der Waals surface area contributed by atoms with E-state index in [4.69, 9.17) is 0 Å². The molecule has 0 bridgehead atoms. The van der Waals surface area contributed by atoms with E-state index in [1.165, 1.54) is 57.2 Å². The molecule has 0 amide bonds. The molecule has 0 radical (unpaired) electrons. The summed E-state index contributed by atoms with van der Waals surface area (Å²) in [6.07, 6.45) is 15.1. The Morgan fingerprint density at radius 1 is 1.25 bits per heavy atom. The highest BCUT2D eigenvalue weighted by Crippen LogP contribution is 2.30. The van der Waals surface area contributed by atoms with Gasteiger partial charge < -0.3 is 9.88 Å². The van der Waals surface area contributed by atoms with Crippen LogP contribution >= 0.6 is 0 Å². The third-order valence-corrected chi connectivity index (χ3v) is 4.52. The summed E-state index contributed by atoms with van der Waals surface area (Å²) in [5, 5.41) is 3.67. The monoisotopic (exact) mass is 277 g/mol. The highest BCUT2D eigenvalue weighted by molar-refractivity contribution is 5.00. The fraction of sp³-hybridized carbons (Fsp3) is 0.824. The minimum atomic E-state index is 0.435. The number of aromatic nitrogens is 2. The summed E-state index contributed by atoms with van der Waals surface area (Å²) >= 11 is 0. The number of imidazole rings is 1. The van der Waals surface area contributed by atoms with Gasteiger partial charge in [-0.1, -0.05) is 52.4 Å². The van der Waals surface area contributed by atoms with Gasteiger partial charge >= 0.3 is 0 Å². The van der Waals surface area contributed by atoms with Gasteiger partial charge in [0.15, 0.2) is 0 Å². The first kappa shape index (κ1) is 15.6. The molecule has 1 N–H and O–H groups in total. The first-order chi connectivity index (χ1) is 9.85. The lowest BCUT2D eigenvalue weighted by molar-refractivity contribution is 0.344. The summed E-state index contributed by atoms with van der Waals surface area (Å²) in [4.78, 5) is 4.64. The summed E-state index contributed by atoms with van der Waals surface area (Å²) in [7, 11) is 0. The largest absolute Gasteiger partial charge is 0.334 e. The van der Waals surface area contributed by atoms with Crippen LogP contribution in [0, 0.1) is 5.92 Å². The summed E-state index contributed by atoms with van der Waals surface area (Å²) in [5.74, 6) is 2.13. The third kappa shape index (κ3) is 4.34. The Bertz CT molecular complexity index is 364. The number of nitrogens with zero attached hydrogens (tertiary/aromatic N) is 2. The highest BCUT2D eigenvalue weighted by Gasteiger charge is 2.21. The van der Waals surface area contributed by atoms with Crippen molar-refractivity contribution >= 4 is 0 Å². The molecule has 0 aromatic carbocycles. The van der Waals surface area contributed by atoms with Crippen molar-refractivity contribution in [2.75, 3.05) is 6.54 Å². The van der Waals surface area contributed by atoms with E-state index >= 15 is 0 Å². The quantitative estimate of drug-likeness (QED) is 0.753. The van der Waals surface area contributed by atoms with Crippen LogP contribution in [-0.4, -0.2) is 16.1 Å². The lowest BCUT2D eigenvalue weighted by atomic mass is 9.92. The van der Waals surface area contributed by atoms with Gasteiger partial charge in [0, 0.05) is 18.9 Å². The molecule has 114 valence electrons. The minimum Gasteiger partial charge on any atom is -0.334 e. The molecule has 1 aliphatic carbocycles. The molecule has 1 aromatic heterocycles. The summed E-state index contributed by atoms with van der Waals surface area (Å²) < 4.78 is 2.34. The summed E-state index contributed by atoms with van der Waals surface area (Å²) in [6, 6.07) is 0.435. The molecular formula is C17H31N3. The zero-order valence-corrected chi connectivity index (χ0v) is 13.3. The van der Waals surface area contributed by atoms with Gasteiger partial charge in [0.25, 0.3) is 0 Å². The Labute approximate surface area is 124 Å². The normalized spacial score (nSPS) is 18.9. The SMILES string of the molecule is CCCn1ccnc1C(CC1CCCCCC1)NCC. The maximum Gasteiger partial charge on any atom is 0.125 e. The van der Waals surface area contributed by atoms with Gasteiger partial charge in [0.1, 0.15) is 5.82 Å². The Morgan fingerprint density at radius 2 is 2.00 bits per heavy atom. The highest BCUT2D eigenvalue weighted by atomic mass is 15.1. The van der Waals surface area contributed by atoms with Crippen molar-refractivity contribution in [2.45, 2.75) is 77.8 Å². The van der Waals surface area contributed by atoms with Crippen LogP contribution in [0.1, 0.15) is 77.1 Å². The van der Waals surface area contributed by atoms with E-state index < -0.39 is 0 Å². The molecule has 1 aromatic rings. The Morgan fingerprint density at radius 3 is 2.65 bits per heavy atom. The first-order valence-corrected chi connectivity index (χ1v) is 8.59. The molecule has 0 aliphatic heterocycles. The zero-order valence-electron chi connectivity index (χ0n) is 13.3. The van der Waals surface area contributed by atoms with Crippen LogP contribution in [0.2, 0.25) is 0 Å². The molecule has 2 rings (SSSR count). The van der Waals surface area contributed by atoms with E-state index in [-0.39, 0.29) is 0 Å². The van der Waals surface area contributed by atoms with Crippen LogP contribution in [0.5, 0.6) is 0 Å². The topological polar surface area (TPSA) is 29.9 Å². The van der Waals surface area contributed by atoms with Crippen LogP contribution in [0.4, 0.5) is 0 Å². The maximum absolute atomic E-state index is 4.64. The van der Waals surface area contributed by atoms with Crippen molar-refractivity contribution in [3.63, 3.8) is 0 Å². The molecule has 20 heavy (non-hydrogen) atoms. The van der Waals surface area contributed by atoms with Crippen molar-refractivity contribution in [2.24, 2.45) is 5.92 Å². The molecule has 1 heterocycles. The maximum atomic E-state index is 4.64. The van der Waals surface area contributed by atoms with Crippen LogP contribution in [0.25, 0.3) is 0 Å². The Hall–Kier alpha value is -0.830. The number of aryl methyl sites for hydroxylation is 1. The fourth-order valence-corrected chi connectivity index (χ4v) is 3.52. The van der Waals surface area contributed by atoms with E-state index in [0.29, 0.717) is 6.04 Å². The van der Waals surface area contributed by atoms with Crippen molar-refractivity contribution in [3.05, 3.63) is 18.2 Å². The zero-order chi connectivity index (χ0) is 14.2. The van der Waals surface area contributed by atoms with Gasteiger partial charge in [0.05, 0.1) is 6.04 Å². The Kier molecular flexibility index (Phi) is 6.58. The molecular weight excluding hydrogens is 246 g/mol. The molecule has 3 heteroatoms. The molecule has 3 nitrogen and oxygen atoms in total. The van der Waals surface area contributed by atoms with Gasteiger partial charge in [-0.25, -0.2) is 4.98 Å². The second-order valence-electron chi connectivity index (χ2n) is 6.18. The fourth-order valence-electron chi connectivity index (χ4n) is 3.52. The van der Waals surface area contributed by atoms with E-state index in [2.05, 4.69) is 34.9 Å². The molecule has 1 atom stereocenters. The molecule has 0 saturated heterocycles. The third-order valence-electron chi connectivity index (χ3n) is 4.52. The van der Waals surface area contributed by atoms with Gasteiger partial charge in [-0.2, -0.15) is 0 Å². The van der Waals surface area contributed by atoms with Crippen molar-refractivity contribution < 1.29 is 0 Å². The molecule has 1 fully saturated rings. The molecule has 1 unspecified atom stereocenters. The number of nitrogens with one attached hydrogen (secondary N) is 1. The predicted molar refractivity (Wildman–Crippen MR) is 84.7 cm³/mol. The van der Waals surface area contributed by atoms with E-state index in [1.54, 1.807) is 0 Å². The van der Waals surface area contributed by atoms with Gasteiger partial charge in [0.2, 0.25) is 0 Å². The second kappa shape index (κ2) is 8.46. The summed E-state index contributed by atoms with van der Waals surface area (Å²) in [5.41, 5.74) is 0. The van der Waals surface area contributed by atoms with E-state index in [1.807, 2.05) is 6.20 Å². The number of hydrogen-bond acceptors (Lipinski definition) is 2. The van der Waals surface area contributed by atoms with Crippen molar-refractivity contribution in [3.8, 4) is 0 Å². The van der Waals surface area contributed by atoms with Gasteiger partial charge in [-0.05, 0) is 25.3 Å². The lowest BCUT2D eigenvalue weighted by Crippen LogP contribution is -2.26. The number of hydrogen-bond donors (Lipinski definition) is 1. The van der Waals surface area contributed by atoms with E-state index in [0.717, 1.165) is 19.0 Å². The summed E-state index contributed by atoms with van der Waals surface area (Å²) in [6.45, 7) is 6.54. The molecule has 1 saturated carbocycles. The minimum absolute atomic E-state index is 0.435. The Balaban J connectivity index is 2.03. The van der Waals surface area contributed by atoms with Crippen LogP contribution in [0.3, 0.4) is 0 Å². The first-order valence-electron chi connectivity index (χ1n) is 8.59. The lowest BCUT2D eigenvalue weighted by Gasteiger charge is -2.24. The average molecular weight is 277 g/mol. The van der Waals surface area contributed by atoms with Crippen LogP contribution in [0.15, 0.2) is 12.4 Å². The van der Waals surface area contributed by atoms with Gasteiger partial charge in [-0.15, -0.1) is 0 Å².